The Labute approximate surface area is 131 Å². The van der Waals surface area contributed by atoms with Crippen LogP contribution in [0.5, 0.6) is 5.75 Å². The van der Waals surface area contributed by atoms with Crippen molar-refractivity contribution in [3.63, 3.8) is 0 Å². The molecular formula is C17H21NO2S. The minimum atomic E-state index is 0.0482. The maximum Gasteiger partial charge on any atom is 0.255 e. The van der Waals surface area contributed by atoms with Crippen LogP contribution in [-0.4, -0.2) is 11.7 Å². The quantitative estimate of drug-likeness (QED) is 0.856. The van der Waals surface area contributed by atoms with Crippen molar-refractivity contribution < 1.29 is 4.74 Å². The van der Waals surface area contributed by atoms with Crippen LogP contribution in [0.15, 0.2) is 41.2 Å². The largest absolute Gasteiger partial charge is 0.497 e. The maximum absolute atomic E-state index is 12.5. The molecule has 21 heavy (non-hydrogen) atoms. The highest BCUT2D eigenvalue weighted by Gasteiger charge is 2.11. The van der Waals surface area contributed by atoms with Gasteiger partial charge in [-0.2, -0.15) is 12.6 Å². The van der Waals surface area contributed by atoms with Crippen LogP contribution in [0.1, 0.15) is 19.4 Å². The molecule has 0 spiro atoms. The summed E-state index contributed by atoms with van der Waals surface area (Å²) in [6, 6.07) is 11.6. The van der Waals surface area contributed by atoms with Gasteiger partial charge in [-0.05, 0) is 41.8 Å². The van der Waals surface area contributed by atoms with Gasteiger partial charge in [-0.3, -0.25) is 4.79 Å². The molecule has 4 heteroatoms. The van der Waals surface area contributed by atoms with Crippen LogP contribution in [0.2, 0.25) is 0 Å². The van der Waals surface area contributed by atoms with E-state index in [-0.39, 0.29) is 5.56 Å². The molecule has 0 saturated heterocycles. The molecule has 2 rings (SSSR count). The van der Waals surface area contributed by atoms with Crippen molar-refractivity contribution >= 4 is 12.6 Å². The molecule has 0 aliphatic heterocycles. The highest BCUT2D eigenvalue weighted by Crippen LogP contribution is 2.22. The van der Waals surface area contributed by atoms with Crippen LogP contribution in [0.3, 0.4) is 0 Å². The molecule has 1 aromatic heterocycles. The second-order valence-electron chi connectivity index (χ2n) is 5.44. The third-order valence-electron chi connectivity index (χ3n) is 3.36. The standard InChI is InChI=1S/C17H21NO2S/c1-12(2)10-18-16(9-6-14(11-21)17(18)19)13-4-7-15(20-3)8-5-13/h4-9,12,21H,10-11H2,1-3H3. The number of rotatable bonds is 5. The minimum Gasteiger partial charge on any atom is -0.497 e. The summed E-state index contributed by atoms with van der Waals surface area (Å²) in [5.41, 5.74) is 2.73. The van der Waals surface area contributed by atoms with Crippen LogP contribution in [-0.2, 0) is 12.3 Å². The normalized spacial score (nSPS) is 10.9. The van der Waals surface area contributed by atoms with Gasteiger partial charge in [0.25, 0.3) is 5.56 Å². The van der Waals surface area contributed by atoms with Crippen LogP contribution in [0.25, 0.3) is 11.3 Å². The Balaban J connectivity index is 2.55. The van der Waals surface area contributed by atoms with Gasteiger partial charge in [-0.1, -0.05) is 19.9 Å². The molecule has 0 radical (unpaired) electrons. The van der Waals surface area contributed by atoms with Crippen molar-refractivity contribution in [3.05, 3.63) is 52.3 Å². The molecule has 1 aromatic carbocycles. The number of hydrogen-bond acceptors (Lipinski definition) is 3. The Hall–Kier alpha value is -1.68. The number of ether oxygens (including phenoxy) is 1. The summed E-state index contributed by atoms with van der Waals surface area (Å²) in [6.45, 7) is 4.91. The Morgan fingerprint density at radius 1 is 1.14 bits per heavy atom. The first-order chi connectivity index (χ1) is 10.1. The second kappa shape index (κ2) is 6.85. The molecule has 0 bridgehead atoms. The molecule has 0 amide bonds. The van der Waals surface area contributed by atoms with Crippen LogP contribution < -0.4 is 10.3 Å². The number of benzene rings is 1. The predicted molar refractivity (Wildman–Crippen MR) is 90.2 cm³/mol. The van der Waals surface area contributed by atoms with E-state index in [1.54, 1.807) is 7.11 Å². The zero-order valence-electron chi connectivity index (χ0n) is 12.7. The summed E-state index contributed by atoms with van der Waals surface area (Å²) in [7, 11) is 1.64. The lowest BCUT2D eigenvalue weighted by Gasteiger charge is -2.16. The lowest BCUT2D eigenvalue weighted by atomic mass is 10.1. The molecule has 0 unspecified atom stereocenters. The second-order valence-corrected chi connectivity index (χ2v) is 5.76. The first-order valence-electron chi connectivity index (χ1n) is 7.04. The molecular weight excluding hydrogens is 282 g/mol. The van der Waals surface area contributed by atoms with Crippen molar-refractivity contribution in [1.82, 2.24) is 4.57 Å². The molecule has 1 heterocycles. The summed E-state index contributed by atoms with van der Waals surface area (Å²) in [6.07, 6.45) is 0. The van der Waals surface area contributed by atoms with E-state index in [9.17, 15) is 4.79 Å². The fourth-order valence-electron chi connectivity index (χ4n) is 2.30. The van der Waals surface area contributed by atoms with E-state index in [4.69, 9.17) is 4.74 Å². The maximum atomic E-state index is 12.5. The van der Waals surface area contributed by atoms with E-state index in [1.807, 2.05) is 41.0 Å². The monoisotopic (exact) mass is 303 g/mol. The SMILES string of the molecule is COc1ccc(-c2ccc(CS)c(=O)n2CC(C)C)cc1. The number of aromatic nitrogens is 1. The highest BCUT2D eigenvalue weighted by molar-refractivity contribution is 7.79. The first kappa shape index (κ1) is 15.7. The van der Waals surface area contributed by atoms with Crippen molar-refractivity contribution in [3.8, 4) is 17.0 Å². The molecule has 0 N–H and O–H groups in total. The van der Waals surface area contributed by atoms with Crippen LogP contribution in [0.4, 0.5) is 0 Å². The van der Waals surface area contributed by atoms with Crippen LogP contribution in [0, 0.1) is 5.92 Å². The Bertz CT molecular complexity index is 659. The average Bonchev–Trinajstić information content (AvgIpc) is 2.49. The van der Waals surface area contributed by atoms with Gasteiger partial charge in [0.15, 0.2) is 0 Å². The van der Waals surface area contributed by atoms with E-state index < -0.39 is 0 Å². The number of nitrogens with zero attached hydrogens (tertiary/aromatic N) is 1. The smallest absolute Gasteiger partial charge is 0.255 e. The van der Waals surface area contributed by atoms with E-state index in [1.165, 1.54) is 0 Å². The lowest BCUT2D eigenvalue weighted by molar-refractivity contribution is 0.415. The van der Waals surface area contributed by atoms with E-state index in [2.05, 4.69) is 26.5 Å². The fraction of sp³-hybridized carbons (Fsp3) is 0.353. The third kappa shape index (κ3) is 3.50. The van der Waals surface area contributed by atoms with Crippen molar-refractivity contribution in [2.45, 2.75) is 26.1 Å². The molecule has 0 atom stereocenters. The molecule has 2 aromatic rings. The van der Waals surface area contributed by atoms with Gasteiger partial charge < -0.3 is 9.30 Å². The molecule has 0 saturated carbocycles. The molecule has 3 nitrogen and oxygen atoms in total. The zero-order chi connectivity index (χ0) is 15.4. The van der Waals surface area contributed by atoms with E-state index in [0.29, 0.717) is 18.2 Å². The van der Waals surface area contributed by atoms with Gasteiger partial charge in [0.1, 0.15) is 5.75 Å². The van der Waals surface area contributed by atoms with Crippen LogP contribution >= 0.6 is 12.6 Å². The summed E-state index contributed by atoms with van der Waals surface area (Å²) in [5, 5.41) is 0. The van der Waals surface area contributed by atoms with Gasteiger partial charge in [0, 0.05) is 17.9 Å². The Morgan fingerprint density at radius 2 is 1.81 bits per heavy atom. The predicted octanol–water partition coefficient (Wildman–Crippen LogP) is 3.61. The van der Waals surface area contributed by atoms with E-state index >= 15 is 0 Å². The fourth-order valence-corrected chi connectivity index (χ4v) is 2.54. The Kier molecular flexibility index (Phi) is 5.12. The average molecular weight is 303 g/mol. The lowest BCUT2D eigenvalue weighted by Crippen LogP contribution is -2.26. The molecule has 0 fully saturated rings. The number of pyridine rings is 1. The zero-order valence-corrected chi connectivity index (χ0v) is 13.6. The third-order valence-corrected chi connectivity index (χ3v) is 3.70. The summed E-state index contributed by atoms with van der Waals surface area (Å²) < 4.78 is 7.03. The van der Waals surface area contributed by atoms with Gasteiger partial charge in [-0.25, -0.2) is 0 Å². The van der Waals surface area contributed by atoms with Crippen molar-refractivity contribution in [2.24, 2.45) is 5.92 Å². The van der Waals surface area contributed by atoms with Crippen molar-refractivity contribution in [2.75, 3.05) is 7.11 Å². The summed E-state index contributed by atoms with van der Waals surface area (Å²) in [4.78, 5) is 12.5. The topological polar surface area (TPSA) is 31.2 Å². The minimum absolute atomic E-state index is 0.0482. The molecule has 0 aliphatic rings. The van der Waals surface area contributed by atoms with E-state index in [0.717, 1.165) is 22.6 Å². The van der Waals surface area contributed by atoms with Gasteiger partial charge in [-0.15, -0.1) is 0 Å². The van der Waals surface area contributed by atoms with Gasteiger partial charge >= 0.3 is 0 Å². The molecule has 0 aliphatic carbocycles. The molecule has 112 valence electrons. The van der Waals surface area contributed by atoms with Gasteiger partial charge in [0.2, 0.25) is 0 Å². The highest BCUT2D eigenvalue weighted by atomic mass is 32.1. The first-order valence-corrected chi connectivity index (χ1v) is 7.68. The Morgan fingerprint density at radius 3 is 2.33 bits per heavy atom. The number of hydrogen-bond donors (Lipinski definition) is 1. The van der Waals surface area contributed by atoms with Crippen molar-refractivity contribution in [1.29, 1.82) is 0 Å². The number of thiol groups is 1. The summed E-state index contributed by atoms with van der Waals surface area (Å²) >= 11 is 4.24. The van der Waals surface area contributed by atoms with Gasteiger partial charge in [0.05, 0.1) is 12.8 Å². The summed E-state index contributed by atoms with van der Waals surface area (Å²) in [5.74, 6) is 1.66. The number of methoxy groups -OCH3 is 1.